The zero-order valence-corrected chi connectivity index (χ0v) is 16.2. The summed E-state index contributed by atoms with van der Waals surface area (Å²) in [7, 11) is 0. The van der Waals surface area contributed by atoms with Crippen molar-refractivity contribution in [3.8, 4) is 0 Å². The molecule has 0 aliphatic carbocycles. The highest BCUT2D eigenvalue weighted by atomic mass is 32.2. The molecular weight excluding hydrogens is 334 g/mol. The quantitative estimate of drug-likeness (QED) is 0.529. The molecule has 1 aromatic rings. The largest absolute Gasteiger partial charge is 0.330 e. The minimum atomic E-state index is -0.186. The Hall–Kier alpha value is -1.53. The van der Waals surface area contributed by atoms with E-state index in [0.717, 1.165) is 17.0 Å². The highest BCUT2D eigenvalue weighted by Gasteiger charge is 2.28. The SMILES string of the molecule is Cc1ccccc1SCC(=O)NNC(=O)CC[NH+]1[C@@H](C)CCC[C@@H]1C. The molecule has 0 spiro atoms. The summed E-state index contributed by atoms with van der Waals surface area (Å²) in [6.45, 7) is 7.36. The second-order valence-corrected chi connectivity index (χ2v) is 7.98. The molecular formula is C19H30N3O2S+. The van der Waals surface area contributed by atoms with Gasteiger partial charge < -0.3 is 4.90 Å². The number of likely N-dealkylation sites (tertiary alicyclic amines) is 1. The molecule has 0 unspecified atom stereocenters. The Bertz CT molecular complexity index is 584. The zero-order chi connectivity index (χ0) is 18.2. The standard InChI is InChI=1S/C19H29N3O2S/c1-14-7-4-5-10-17(14)25-13-19(24)21-20-18(23)11-12-22-15(2)8-6-9-16(22)3/h4-5,7,10,15-16H,6,8-9,11-13H2,1-3H3,(H,20,23)(H,21,24)/p+1/t15-,16-/m0/s1. The average molecular weight is 365 g/mol. The lowest BCUT2D eigenvalue weighted by atomic mass is 9.97. The predicted molar refractivity (Wildman–Crippen MR) is 101 cm³/mol. The number of carbonyl (C=O) groups excluding carboxylic acids is 2. The molecule has 0 aromatic heterocycles. The van der Waals surface area contributed by atoms with E-state index in [-0.39, 0.29) is 17.6 Å². The first kappa shape index (κ1) is 19.8. The summed E-state index contributed by atoms with van der Waals surface area (Å²) in [6, 6.07) is 9.17. The van der Waals surface area contributed by atoms with Gasteiger partial charge in [0.1, 0.15) is 0 Å². The number of amides is 2. The van der Waals surface area contributed by atoms with Crippen molar-refractivity contribution in [1.29, 1.82) is 0 Å². The molecule has 25 heavy (non-hydrogen) atoms. The van der Waals surface area contributed by atoms with E-state index in [1.54, 1.807) is 0 Å². The number of hydrogen-bond acceptors (Lipinski definition) is 3. The lowest BCUT2D eigenvalue weighted by molar-refractivity contribution is -0.950. The number of aryl methyl sites for hydroxylation is 1. The number of hydrogen-bond donors (Lipinski definition) is 3. The van der Waals surface area contributed by atoms with Crippen molar-refractivity contribution >= 4 is 23.6 Å². The topological polar surface area (TPSA) is 62.6 Å². The highest BCUT2D eigenvalue weighted by molar-refractivity contribution is 8.00. The van der Waals surface area contributed by atoms with Gasteiger partial charge >= 0.3 is 0 Å². The van der Waals surface area contributed by atoms with E-state index in [1.807, 2.05) is 31.2 Å². The van der Waals surface area contributed by atoms with Crippen LogP contribution in [0.1, 0.15) is 45.1 Å². The van der Waals surface area contributed by atoms with E-state index >= 15 is 0 Å². The molecule has 0 saturated carbocycles. The van der Waals surface area contributed by atoms with Crippen LogP contribution in [0.5, 0.6) is 0 Å². The fourth-order valence-electron chi connectivity index (χ4n) is 3.44. The molecule has 138 valence electrons. The van der Waals surface area contributed by atoms with Crippen molar-refractivity contribution in [3.63, 3.8) is 0 Å². The van der Waals surface area contributed by atoms with E-state index in [0.29, 0.717) is 18.5 Å². The molecule has 1 aliphatic rings. The van der Waals surface area contributed by atoms with E-state index in [2.05, 4.69) is 24.7 Å². The predicted octanol–water partition coefficient (Wildman–Crippen LogP) is 1.47. The summed E-state index contributed by atoms with van der Waals surface area (Å²) >= 11 is 1.48. The minimum absolute atomic E-state index is 0.119. The summed E-state index contributed by atoms with van der Waals surface area (Å²) in [5, 5.41) is 0. The molecule has 1 fully saturated rings. The maximum atomic E-state index is 12.0. The van der Waals surface area contributed by atoms with Gasteiger partial charge in [-0.3, -0.25) is 20.4 Å². The molecule has 0 radical (unpaired) electrons. The van der Waals surface area contributed by atoms with Crippen LogP contribution < -0.4 is 15.8 Å². The summed E-state index contributed by atoms with van der Waals surface area (Å²) in [4.78, 5) is 26.5. The third-order valence-electron chi connectivity index (χ3n) is 4.97. The molecule has 2 rings (SSSR count). The molecule has 2 amide bonds. The van der Waals surface area contributed by atoms with Crippen molar-refractivity contribution in [2.24, 2.45) is 0 Å². The number of rotatable bonds is 6. The minimum Gasteiger partial charge on any atom is -0.330 e. The second kappa shape index (κ2) is 9.82. The van der Waals surface area contributed by atoms with Crippen LogP contribution in [0.2, 0.25) is 0 Å². The van der Waals surface area contributed by atoms with Crippen LogP contribution in [0.4, 0.5) is 0 Å². The van der Waals surface area contributed by atoms with Crippen molar-refractivity contribution in [2.45, 2.75) is 63.4 Å². The molecule has 1 saturated heterocycles. The monoisotopic (exact) mass is 364 g/mol. The van der Waals surface area contributed by atoms with Gasteiger partial charge in [0.2, 0.25) is 11.8 Å². The molecule has 1 aliphatic heterocycles. The highest BCUT2D eigenvalue weighted by Crippen LogP contribution is 2.21. The Kier molecular flexibility index (Phi) is 7.78. The van der Waals surface area contributed by atoms with Gasteiger partial charge in [-0.2, -0.15) is 0 Å². The average Bonchev–Trinajstić information content (AvgIpc) is 2.59. The molecule has 6 heteroatoms. The molecule has 1 aromatic carbocycles. The van der Waals surface area contributed by atoms with Gasteiger partial charge in [-0.05, 0) is 51.7 Å². The van der Waals surface area contributed by atoms with Crippen molar-refractivity contribution in [3.05, 3.63) is 29.8 Å². The first-order valence-electron chi connectivity index (χ1n) is 9.09. The molecule has 5 nitrogen and oxygen atoms in total. The molecule has 1 heterocycles. The van der Waals surface area contributed by atoms with Crippen LogP contribution in [0.25, 0.3) is 0 Å². The number of benzene rings is 1. The number of piperidine rings is 1. The molecule has 3 N–H and O–H groups in total. The maximum Gasteiger partial charge on any atom is 0.248 e. The summed E-state index contributed by atoms with van der Waals surface area (Å²) in [5.74, 6) is -0.0169. The number of nitrogens with one attached hydrogen (secondary N) is 3. The Labute approximate surface area is 154 Å². The smallest absolute Gasteiger partial charge is 0.248 e. The zero-order valence-electron chi connectivity index (χ0n) is 15.4. The fourth-order valence-corrected chi connectivity index (χ4v) is 4.27. The first-order chi connectivity index (χ1) is 12.0. The lowest BCUT2D eigenvalue weighted by Crippen LogP contribution is -3.19. The summed E-state index contributed by atoms with van der Waals surface area (Å²) in [6.07, 6.45) is 4.18. The van der Waals surface area contributed by atoms with Gasteiger partial charge in [-0.1, -0.05) is 18.2 Å². The fraction of sp³-hybridized carbons (Fsp3) is 0.579. The van der Waals surface area contributed by atoms with Crippen LogP contribution in [0.3, 0.4) is 0 Å². The second-order valence-electron chi connectivity index (χ2n) is 6.96. The van der Waals surface area contributed by atoms with Crippen LogP contribution >= 0.6 is 11.8 Å². The van der Waals surface area contributed by atoms with E-state index in [9.17, 15) is 9.59 Å². The van der Waals surface area contributed by atoms with E-state index in [1.165, 1.54) is 35.9 Å². The Morgan fingerprint density at radius 2 is 1.76 bits per heavy atom. The van der Waals surface area contributed by atoms with Gasteiger partial charge in [0, 0.05) is 4.90 Å². The number of thioether (sulfide) groups is 1. The number of hydrazine groups is 1. The maximum absolute atomic E-state index is 12.0. The number of quaternary nitrogens is 1. The van der Waals surface area contributed by atoms with E-state index < -0.39 is 0 Å². The van der Waals surface area contributed by atoms with Crippen molar-refractivity contribution in [2.75, 3.05) is 12.3 Å². The van der Waals surface area contributed by atoms with Crippen molar-refractivity contribution in [1.82, 2.24) is 10.9 Å². The molecule has 2 atom stereocenters. The first-order valence-corrected chi connectivity index (χ1v) is 10.1. The Morgan fingerprint density at radius 3 is 2.44 bits per heavy atom. The summed E-state index contributed by atoms with van der Waals surface area (Å²) < 4.78 is 0. The van der Waals surface area contributed by atoms with Gasteiger partial charge in [-0.15, -0.1) is 11.8 Å². The summed E-state index contributed by atoms with van der Waals surface area (Å²) in [5.41, 5.74) is 6.20. The third kappa shape index (κ3) is 6.36. The van der Waals surface area contributed by atoms with Gasteiger partial charge in [-0.25, -0.2) is 0 Å². The van der Waals surface area contributed by atoms with Crippen LogP contribution in [-0.2, 0) is 9.59 Å². The van der Waals surface area contributed by atoms with Crippen molar-refractivity contribution < 1.29 is 14.5 Å². The Balaban J connectivity index is 1.65. The van der Waals surface area contributed by atoms with Crippen LogP contribution in [-0.4, -0.2) is 36.2 Å². The van der Waals surface area contributed by atoms with Gasteiger partial charge in [0.25, 0.3) is 0 Å². The molecule has 0 bridgehead atoms. The van der Waals surface area contributed by atoms with Gasteiger partial charge in [0.05, 0.1) is 30.8 Å². The normalized spacial score (nSPS) is 20.9. The lowest BCUT2D eigenvalue weighted by Gasteiger charge is -2.35. The van der Waals surface area contributed by atoms with Crippen LogP contribution in [0.15, 0.2) is 29.2 Å². The van der Waals surface area contributed by atoms with Gasteiger partial charge in [0.15, 0.2) is 0 Å². The van der Waals surface area contributed by atoms with E-state index in [4.69, 9.17) is 0 Å². The third-order valence-corrected chi connectivity index (χ3v) is 6.15. The number of carbonyl (C=O) groups is 2. The van der Waals surface area contributed by atoms with Crippen LogP contribution in [0, 0.1) is 6.92 Å². The Morgan fingerprint density at radius 1 is 1.12 bits per heavy atom.